The summed E-state index contributed by atoms with van der Waals surface area (Å²) in [4.78, 5) is 16.0. The summed E-state index contributed by atoms with van der Waals surface area (Å²) in [5.41, 5.74) is 5.82. The van der Waals surface area contributed by atoms with E-state index in [1.807, 2.05) is 11.9 Å². The third-order valence-corrected chi connectivity index (χ3v) is 3.48. The van der Waals surface area contributed by atoms with Crippen LogP contribution in [0.2, 0.25) is 0 Å². The highest BCUT2D eigenvalue weighted by molar-refractivity contribution is 5.85. The van der Waals surface area contributed by atoms with Gasteiger partial charge in [0.25, 0.3) is 0 Å². The molecule has 1 amide bonds. The van der Waals surface area contributed by atoms with Gasteiger partial charge in [0.1, 0.15) is 0 Å². The van der Waals surface area contributed by atoms with E-state index >= 15 is 0 Å². The van der Waals surface area contributed by atoms with Crippen molar-refractivity contribution in [2.24, 2.45) is 5.73 Å². The first kappa shape index (κ1) is 13.7. The maximum absolute atomic E-state index is 11.8. The number of piperidine rings is 1. The fraction of sp³-hybridized carbons (Fsp3) is 0.909. The number of carbonyl (C=O) groups is 1. The third-order valence-electron chi connectivity index (χ3n) is 3.48. The molecule has 1 saturated carbocycles. The highest BCUT2D eigenvalue weighted by Crippen LogP contribution is 2.25. The summed E-state index contributed by atoms with van der Waals surface area (Å²) in [7, 11) is 1.93. The Labute approximate surface area is 104 Å². The zero-order chi connectivity index (χ0) is 10.8. The molecule has 0 radical (unpaired) electrons. The van der Waals surface area contributed by atoms with Gasteiger partial charge >= 0.3 is 0 Å². The van der Waals surface area contributed by atoms with Gasteiger partial charge in [0.15, 0.2) is 0 Å². The van der Waals surface area contributed by atoms with Gasteiger partial charge in [0.2, 0.25) is 5.91 Å². The molecular formula is C11H22ClN3O. The highest BCUT2D eigenvalue weighted by Gasteiger charge is 2.30. The van der Waals surface area contributed by atoms with Crippen molar-refractivity contribution in [3.8, 4) is 0 Å². The number of nitrogens with two attached hydrogens (primary N) is 1. The van der Waals surface area contributed by atoms with Crippen molar-refractivity contribution < 1.29 is 4.79 Å². The van der Waals surface area contributed by atoms with Crippen molar-refractivity contribution in [1.29, 1.82) is 0 Å². The quantitative estimate of drug-likeness (QED) is 0.788. The molecule has 0 atom stereocenters. The molecule has 2 rings (SSSR count). The molecule has 5 heteroatoms. The van der Waals surface area contributed by atoms with Crippen LogP contribution in [0.15, 0.2) is 0 Å². The van der Waals surface area contributed by atoms with Gasteiger partial charge in [0, 0.05) is 32.2 Å². The van der Waals surface area contributed by atoms with Crippen LogP contribution in [-0.2, 0) is 4.79 Å². The molecule has 1 aliphatic heterocycles. The Morgan fingerprint density at radius 3 is 2.38 bits per heavy atom. The number of nitrogens with zero attached hydrogens (tertiary/aromatic N) is 2. The molecule has 2 aliphatic rings. The second-order valence-corrected chi connectivity index (χ2v) is 4.85. The zero-order valence-corrected chi connectivity index (χ0v) is 10.7. The van der Waals surface area contributed by atoms with E-state index in [0.717, 1.165) is 25.9 Å². The Morgan fingerprint density at radius 1 is 1.31 bits per heavy atom. The van der Waals surface area contributed by atoms with Gasteiger partial charge in [-0.2, -0.15) is 0 Å². The first-order valence-electron chi connectivity index (χ1n) is 5.90. The van der Waals surface area contributed by atoms with E-state index in [4.69, 9.17) is 5.73 Å². The maximum atomic E-state index is 11.8. The fourth-order valence-corrected chi connectivity index (χ4v) is 2.08. The molecule has 1 aliphatic carbocycles. The molecule has 0 bridgehead atoms. The molecule has 0 spiro atoms. The van der Waals surface area contributed by atoms with E-state index in [2.05, 4.69) is 4.90 Å². The third kappa shape index (κ3) is 3.61. The zero-order valence-electron chi connectivity index (χ0n) is 9.89. The number of carbonyl (C=O) groups excluding carboxylic acids is 1. The predicted octanol–water partition coefficient (Wildman–Crippen LogP) is 0.452. The van der Waals surface area contributed by atoms with Crippen molar-refractivity contribution in [2.45, 2.75) is 37.8 Å². The maximum Gasteiger partial charge on any atom is 0.236 e. The monoisotopic (exact) mass is 247 g/mol. The molecule has 0 aromatic carbocycles. The first-order valence-corrected chi connectivity index (χ1v) is 5.90. The van der Waals surface area contributed by atoms with Gasteiger partial charge in [0.05, 0.1) is 6.54 Å². The van der Waals surface area contributed by atoms with Crippen molar-refractivity contribution in [3.05, 3.63) is 0 Å². The van der Waals surface area contributed by atoms with Gasteiger partial charge in [-0.3, -0.25) is 9.69 Å². The van der Waals surface area contributed by atoms with Crippen LogP contribution in [0, 0.1) is 0 Å². The van der Waals surface area contributed by atoms with Gasteiger partial charge in [-0.1, -0.05) is 0 Å². The molecule has 94 valence electrons. The molecular weight excluding hydrogens is 226 g/mol. The van der Waals surface area contributed by atoms with Crippen LogP contribution in [0.25, 0.3) is 0 Å². The Balaban J connectivity index is 0.00000128. The van der Waals surface area contributed by atoms with Gasteiger partial charge in [-0.25, -0.2) is 0 Å². The summed E-state index contributed by atoms with van der Waals surface area (Å²) in [6.07, 6.45) is 4.43. The van der Waals surface area contributed by atoms with E-state index in [1.165, 1.54) is 12.8 Å². The smallest absolute Gasteiger partial charge is 0.236 e. The van der Waals surface area contributed by atoms with E-state index in [0.29, 0.717) is 18.6 Å². The van der Waals surface area contributed by atoms with E-state index in [-0.39, 0.29) is 18.3 Å². The topological polar surface area (TPSA) is 49.6 Å². The number of hydrogen-bond acceptors (Lipinski definition) is 3. The van der Waals surface area contributed by atoms with Gasteiger partial charge < -0.3 is 10.6 Å². The Morgan fingerprint density at radius 2 is 1.88 bits per heavy atom. The van der Waals surface area contributed by atoms with Crippen LogP contribution in [0.5, 0.6) is 0 Å². The van der Waals surface area contributed by atoms with Crippen LogP contribution < -0.4 is 5.73 Å². The molecule has 2 fully saturated rings. The van der Waals surface area contributed by atoms with Crippen molar-refractivity contribution >= 4 is 18.3 Å². The number of rotatable bonds is 3. The molecule has 0 aromatic heterocycles. The second-order valence-electron chi connectivity index (χ2n) is 4.85. The lowest BCUT2D eigenvalue weighted by atomic mass is 10.1. The van der Waals surface area contributed by atoms with Crippen molar-refractivity contribution in [1.82, 2.24) is 9.80 Å². The predicted molar refractivity (Wildman–Crippen MR) is 66.7 cm³/mol. The highest BCUT2D eigenvalue weighted by atomic mass is 35.5. The molecule has 0 unspecified atom stereocenters. The Kier molecular flexibility index (Phi) is 5.02. The lowest BCUT2D eigenvalue weighted by molar-refractivity contribution is -0.131. The fourth-order valence-electron chi connectivity index (χ4n) is 2.08. The average molecular weight is 248 g/mol. The second kappa shape index (κ2) is 5.84. The number of likely N-dealkylation sites (N-methyl/N-ethyl adjacent to an activating group) is 1. The first-order chi connectivity index (χ1) is 7.16. The van der Waals surface area contributed by atoms with Crippen LogP contribution in [0.4, 0.5) is 0 Å². The van der Waals surface area contributed by atoms with Gasteiger partial charge in [-0.05, 0) is 25.7 Å². The lowest BCUT2D eigenvalue weighted by Crippen LogP contribution is -2.45. The van der Waals surface area contributed by atoms with E-state index < -0.39 is 0 Å². The summed E-state index contributed by atoms with van der Waals surface area (Å²) in [6, 6.07) is 0.877. The summed E-state index contributed by atoms with van der Waals surface area (Å²) in [5, 5.41) is 0. The Bertz CT molecular complexity index is 237. The van der Waals surface area contributed by atoms with Crippen LogP contribution >= 0.6 is 12.4 Å². The molecule has 2 N–H and O–H groups in total. The normalized spacial score (nSPS) is 22.6. The number of halogens is 1. The minimum Gasteiger partial charge on any atom is -0.342 e. The van der Waals surface area contributed by atoms with Crippen molar-refractivity contribution in [2.75, 3.05) is 26.7 Å². The number of likely N-dealkylation sites (tertiary alicyclic amines) is 1. The molecule has 1 heterocycles. The minimum absolute atomic E-state index is 0. The summed E-state index contributed by atoms with van der Waals surface area (Å²) in [5.74, 6) is 0.271. The van der Waals surface area contributed by atoms with E-state index in [1.54, 1.807) is 0 Å². The molecule has 1 saturated heterocycles. The number of hydrogen-bond donors (Lipinski definition) is 1. The van der Waals surface area contributed by atoms with Crippen LogP contribution in [0.1, 0.15) is 25.7 Å². The molecule has 0 aromatic rings. The van der Waals surface area contributed by atoms with Crippen molar-refractivity contribution in [3.63, 3.8) is 0 Å². The summed E-state index contributed by atoms with van der Waals surface area (Å²) in [6.45, 7) is 2.54. The molecule has 16 heavy (non-hydrogen) atoms. The Hall–Kier alpha value is -0.320. The summed E-state index contributed by atoms with van der Waals surface area (Å²) >= 11 is 0. The standard InChI is InChI=1S/C11H21N3O.ClH/c1-13(10-2-3-10)11(15)8-14-6-4-9(12)5-7-14;/h9-10H,2-8,12H2,1H3;1H. The SMILES string of the molecule is CN(C(=O)CN1CCC(N)CC1)C1CC1.Cl. The van der Waals surface area contributed by atoms with E-state index in [9.17, 15) is 4.79 Å². The average Bonchev–Trinajstić information content (AvgIpc) is 3.04. The van der Waals surface area contributed by atoms with Crippen LogP contribution in [-0.4, -0.2) is 54.5 Å². The van der Waals surface area contributed by atoms with Crippen LogP contribution in [0.3, 0.4) is 0 Å². The lowest BCUT2D eigenvalue weighted by Gasteiger charge is -2.30. The summed E-state index contributed by atoms with van der Waals surface area (Å²) < 4.78 is 0. The largest absolute Gasteiger partial charge is 0.342 e. The number of amides is 1. The molecule has 4 nitrogen and oxygen atoms in total. The van der Waals surface area contributed by atoms with Gasteiger partial charge in [-0.15, -0.1) is 12.4 Å². The minimum atomic E-state index is 0.